The van der Waals surface area contributed by atoms with Gasteiger partial charge in [-0.3, -0.25) is 4.98 Å². The van der Waals surface area contributed by atoms with Crippen molar-refractivity contribution in [1.82, 2.24) is 4.98 Å². The molecule has 0 atom stereocenters. The minimum Gasteiger partial charge on any atom is -0.401 e. The van der Waals surface area contributed by atoms with Crippen molar-refractivity contribution < 1.29 is 9.53 Å². The fourth-order valence-electron chi connectivity index (χ4n) is 1.53. The van der Waals surface area contributed by atoms with Crippen molar-refractivity contribution >= 4 is 29.3 Å². The van der Waals surface area contributed by atoms with E-state index in [1.165, 1.54) is 11.3 Å². The lowest BCUT2D eigenvalue weighted by Gasteiger charge is -1.93. The van der Waals surface area contributed by atoms with E-state index in [1.54, 1.807) is 24.5 Å². The summed E-state index contributed by atoms with van der Waals surface area (Å²) in [6.07, 6.45) is 5.00. The fourth-order valence-corrected chi connectivity index (χ4v) is 2.18. The highest BCUT2D eigenvalue weighted by Crippen LogP contribution is 2.21. The predicted molar refractivity (Wildman–Crippen MR) is 69.2 cm³/mol. The Kier molecular flexibility index (Phi) is 2.74. The predicted octanol–water partition coefficient (Wildman–Crippen LogP) is 2.49. The molecule has 0 unspecified atom stereocenters. The van der Waals surface area contributed by atoms with Crippen molar-refractivity contribution in [2.45, 2.75) is 0 Å². The molecule has 2 aromatic rings. The number of hydrogen-bond acceptors (Lipinski definition) is 5. The van der Waals surface area contributed by atoms with E-state index in [2.05, 4.69) is 9.98 Å². The van der Waals surface area contributed by atoms with Crippen molar-refractivity contribution in [1.29, 1.82) is 0 Å². The molecule has 3 rings (SSSR count). The monoisotopic (exact) mass is 256 g/mol. The van der Waals surface area contributed by atoms with E-state index < -0.39 is 5.97 Å². The van der Waals surface area contributed by atoms with Gasteiger partial charge in [-0.1, -0.05) is 12.1 Å². The van der Waals surface area contributed by atoms with Crippen molar-refractivity contribution in [3.8, 4) is 0 Å². The van der Waals surface area contributed by atoms with Gasteiger partial charge in [-0.15, -0.1) is 11.3 Å². The molecule has 1 aliphatic heterocycles. The van der Waals surface area contributed by atoms with Crippen LogP contribution in [0.2, 0.25) is 0 Å². The minimum absolute atomic E-state index is 0.298. The summed E-state index contributed by atoms with van der Waals surface area (Å²) in [6, 6.07) is 7.41. The highest BCUT2D eigenvalue weighted by molar-refractivity contribution is 7.12. The maximum absolute atomic E-state index is 11.7. The zero-order valence-corrected chi connectivity index (χ0v) is 10.1. The van der Waals surface area contributed by atoms with Gasteiger partial charge in [0.15, 0.2) is 5.70 Å². The number of pyridine rings is 1. The van der Waals surface area contributed by atoms with Crippen LogP contribution in [0.3, 0.4) is 0 Å². The zero-order chi connectivity index (χ0) is 12.4. The molecule has 0 bridgehead atoms. The standard InChI is InChI=1S/C13H8N2O2S/c16-13-10(7-9-3-1-5-14-8-9)15-12(17-13)11-4-2-6-18-11/h1-8H/b10-7-. The third-order valence-electron chi connectivity index (χ3n) is 2.34. The first-order valence-electron chi connectivity index (χ1n) is 5.29. The Morgan fingerprint density at radius 3 is 2.94 bits per heavy atom. The molecule has 0 N–H and O–H groups in total. The molecule has 18 heavy (non-hydrogen) atoms. The van der Waals surface area contributed by atoms with E-state index in [0.717, 1.165) is 10.4 Å². The molecule has 2 aromatic heterocycles. The molecule has 0 aromatic carbocycles. The smallest absolute Gasteiger partial charge is 0.363 e. The Bertz CT molecular complexity index is 630. The summed E-state index contributed by atoms with van der Waals surface area (Å²) in [4.78, 5) is 20.7. The first kappa shape index (κ1) is 10.9. The number of carbonyl (C=O) groups excluding carboxylic acids is 1. The number of thiophene rings is 1. The number of cyclic esters (lactones) is 1. The molecule has 0 fully saturated rings. The molecule has 0 spiro atoms. The van der Waals surface area contributed by atoms with Crippen molar-refractivity contribution in [2.24, 2.45) is 4.99 Å². The minimum atomic E-state index is -0.428. The van der Waals surface area contributed by atoms with Gasteiger partial charge in [0.1, 0.15) is 0 Å². The highest BCUT2D eigenvalue weighted by atomic mass is 32.1. The van der Waals surface area contributed by atoms with Gasteiger partial charge < -0.3 is 4.74 Å². The molecule has 1 aliphatic rings. The lowest BCUT2D eigenvalue weighted by Crippen LogP contribution is -2.03. The number of carbonyl (C=O) groups is 1. The number of aromatic nitrogens is 1. The molecule has 5 heteroatoms. The quantitative estimate of drug-likeness (QED) is 0.612. The van der Waals surface area contributed by atoms with Gasteiger partial charge in [0.25, 0.3) is 0 Å². The SMILES string of the molecule is O=C1OC(c2cccs2)=N/C1=C\c1cccnc1. The van der Waals surface area contributed by atoms with Crippen LogP contribution in [-0.2, 0) is 9.53 Å². The van der Waals surface area contributed by atoms with Crippen LogP contribution in [0.4, 0.5) is 0 Å². The summed E-state index contributed by atoms with van der Waals surface area (Å²) in [7, 11) is 0. The zero-order valence-electron chi connectivity index (χ0n) is 9.24. The fraction of sp³-hybridized carbons (Fsp3) is 0. The molecule has 4 nitrogen and oxygen atoms in total. The molecule has 0 amide bonds. The Labute approximate surface area is 107 Å². The molecule has 0 radical (unpaired) electrons. The van der Waals surface area contributed by atoms with E-state index in [9.17, 15) is 4.79 Å². The molecule has 0 saturated heterocycles. The average molecular weight is 256 g/mol. The first-order valence-corrected chi connectivity index (χ1v) is 6.17. The Morgan fingerprint density at radius 2 is 2.22 bits per heavy atom. The summed E-state index contributed by atoms with van der Waals surface area (Å²) in [5.41, 5.74) is 1.12. The summed E-state index contributed by atoms with van der Waals surface area (Å²) in [5.74, 6) is -0.0626. The van der Waals surface area contributed by atoms with Crippen LogP contribution in [-0.4, -0.2) is 16.9 Å². The molecule has 3 heterocycles. The first-order chi connectivity index (χ1) is 8.83. The number of aliphatic imine (C=N–C) groups is 1. The van der Waals surface area contributed by atoms with E-state index in [1.807, 2.05) is 23.6 Å². The summed E-state index contributed by atoms with van der Waals surface area (Å²) >= 11 is 1.48. The van der Waals surface area contributed by atoms with Gasteiger partial charge in [-0.25, -0.2) is 9.79 Å². The van der Waals surface area contributed by atoms with Crippen LogP contribution < -0.4 is 0 Å². The van der Waals surface area contributed by atoms with Crippen LogP contribution in [0.1, 0.15) is 10.4 Å². The summed E-state index contributed by atoms with van der Waals surface area (Å²) < 4.78 is 5.12. The van der Waals surface area contributed by atoms with Crippen molar-refractivity contribution in [3.05, 3.63) is 58.2 Å². The van der Waals surface area contributed by atoms with Crippen LogP contribution in [0.5, 0.6) is 0 Å². The van der Waals surface area contributed by atoms with Crippen molar-refractivity contribution in [3.63, 3.8) is 0 Å². The lowest BCUT2D eigenvalue weighted by atomic mass is 10.2. The van der Waals surface area contributed by atoms with E-state index in [-0.39, 0.29) is 0 Å². The van der Waals surface area contributed by atoms with E-state index in [0.29, 0.717) is 11.6 Å². The van der Waals surface area contributed by atoms with E-state index in [4.69, 9.17) is 4.74 Å². The topological polar surface area (TPSA) is 51.5 Å². The normalized spacial score (nSPS) is 16.8. The second kappa shape index (κ2) is 4.54. The van der Waals surface area contributed by atoms with Gasteiger partial charge in [-0.05, 0) is 29.2 Å². The third kappa shape index (κ3) is 2.08. The third-order valence-corrected chi connectivity index (χ3v) is 3.20. The maximum Gasteiger partial charge on any atom is 0.363 e. The van der Waals surface area contributed by atoms with Crippen molar-refractivity contribution in [2.75, 3.05) is 0 Å². The number of rotatable bonds is 2. The highest BCUT2D eigenvalue weighted by Gasteiger charge is 2.24. The number of esters is 1. The summed E-state index contributed by atoms with van der Waals surface area (Å²) in [6.45, 7) is 0. The second-order valence-electron chi connectivity index (χ2n) is 3.60. The Morgan fingerprint density at radius 1 is 1.28 bits per heavy atom. The Balaban J connectivity index is 1.94. The van der Waals surface area contributed by atoms with Gasteiger partial charge in [0.2, 0.25) is 5.90 Å². The molecular formula is C13H8N2O2S. The summed E-state index contributed by atoms with van der Waals surface area (Å²) in [5, 5.41) is 1.91. The molecule has 0 saturated carbocycles. The molecule has 0 aliphatic carbocycles. The Hall–Kier alpha value is -2.27. The maximum atomic E-state index is 11.7. The van der Waals surface area contributed by atoms with Crippen LogP contribution in [0.25, 0.3) is 6.08 Å². The largest absolute Gasteiger partial charge is 0.401 e. The molecule has 88 valence electrons. The average Bonchev–Trinajstić information content (AvgIpc) is 3.01. The molecular weight excluding hydrogens is 248 g/mol. The van der Waals surface area contributed by atoms with Crippen LogP contribution in [0, 0.1) is 0 Å². The van der Waals surface area contributed by atoms with Gasteiger partial charge >= 0.3 is 5.97 Å². The van der Waals surface area contributed by atoms with E-state index >= 15 is 0 Å². The van der Waals surface area contributed by atoms with Gasteiger partial charge in [0, 0.05) is 12.4 Å². The number of ether oxygens (including phenoxy) is 1. The van der Waals surface area contributed by atoms with Crippen LogP contribution >= 0.6 is 11.3 Å². The van der Waals surface area contributed by atoms with Gasteiger partial charge in [0.05, 0.1) is 4.88 Å². The van der Waals surface area contributed by atoms with Gasteiger partial charge in [-0.2, -0.15) is 0 Å². The second-order valence-corrected chi connectivity index (χ2v) is 4.55. The number of nitrogens with zero attached hydrogens (tertiary/aromatic N) is 2. The van der Waals surface area contributed by atoms with Crippen LogP contribution in [0.15, 0.2) is 52.7 Å². The number of hydrogen-bond donors (Lipinski definition) is 0. The lowest BCUT2D eigenvalue weighted by molar-refractivity contribution is -0.129.